The largest absolute Gasteiger partial charge is 0.463 e. The Morgan fingerprint density at radius 2 is 1.76 bits per heavy atom. The molecule has 158 valence electrons. The molecule has 1 aromatic rings. The lowest BCUT2D eigenvalue weighted by molar-refractivity contribution is -0.146. The number of dihydropyridines is 1. The van der Waals surface area contributed by atoms with Crippen molar-refractivity contribution in [1.29, 1.82) is 0 Å². The SMILES string of the molecule is CCOC(=O)C1=C(C)NC(C)=C(C(=O)O[C@@H](CC)CO)[C@@H]1c1cccc(Cl)c1Cl. The van der Waals surface area contributed by atoms with Gasteiger partial charge in [-0.05, 0) is 38.8 Å². The fourth-order valence-electron chi connectivity index (χ4n) is 3.26. The highest BCUT2D eigenvalue weighted by Crippen LogP contribution is 2.43. The number of aliphatic hydroxyl groups excluding tert-OH is 1. The zero-order valence-corrected chi connectivity index (χ0v) is 18.4. The van der Waals surface area contributed by atoms with Crippen molar-refractivity contribution in [1.82, 2.24) is 5.32 Å². The molecule has 2 atom stereocenters. The van der Waals surface area contributed by atoms with E-state index in [4.69, 9.17) is 32.7 Å². The van der Waals surface area contributed by atoms with Crippen LogP contribution in [0.15, 0.2) is 40.7 Å². The third kappa shape index (κ3) is 4.94. The van der Waals surface area contributed by atoms with Crippen LogP contribution in [0.4, 0.5) is 0 Å². The van der Waals surface area contributed by atoms with Gasteiger partial charge in [-0.25, -0.2) is 9.59 Å². The molecule has 0 unspecified atom stereocenters. The second-order valence-corrected chi connectivity index (χ2v) is 7.40. The molecule has 2 N–H and O–H groups in total. The molecule has 0 bridgehead atoms. The van der Waals surface area contributed by atoms with Gasteiger partial charge in [-0.15, -0.1) is 0 Å². The van der Waals surface area contributed by atoms with Crippen LogP contribution in [-0.4, -0.2) is 36.4 Å². The molecular weight excluding hydrogens is 417 g/mol. The highest BCUT2D eigenvalue weighted by Gasteiger charge is 2.39. The quantitative estimate of drug-likeness (QED) is 0.619. The minimum Gasteiger partial charge on any atom is -0.463 e. The Bertz CT molecular complexity index is 859. The summed E-state index contributed by atoms with van der Waals surface area (Å²) in [6.45, 7) is 6.82. The standard InChI is InChI=1S/C21H25Cl2NO5/c1-5-13(10-25)29-21(27)17-12(4)24-11(3)16(20(26)28-6-2)18(17)14-8-7-9-15(22)19(14)23/h7-9,13,18,24-25H,5-6,10H2,1-4H3/t13-,18+/m0/s1. The topological polar surface area (TPSA) is 84.9 Å². The molecular formula is C21H25Cl2NO5. The Morgan fingerprint density at radius 3 is 2.31 bits per heavy atom. The second kappa shape index (κ2) is 10.1. The summed E-state index contributed by atoms with van der Waals surface area (Å²) in [6, 6.07) is 5.04. The minimum absolute atomic E-state index is 0.177. The fourth-order valence-corrected chi connectivity index (χ4v) is 3.68. The van der Waals surface area contributed by atoms with E-state index in [1.165, 1.54) is 0 Å². The summed E-state index contributed by atoms with van der Waals surface area (Å²) in [5.74, 6) is -2.04. The van der Waals surface area contributed by atoms with Crippen LogP contribution in [0.1, 0.15) is 45.6 Å². The highest BCUT2D eigenvalue weighted by molar-refractivity contribution is 6.42. The van der Waals surface area contributed by atoms with Crippen molar-refractivity contribution < 1.29 is 24.2 Å². The molecule has 1 heterocycles. The summed E-state index contributed by atoms with van der Waals surface area (Å²) < 4.78 is 10.7. The van der Waals surface area contributed by atoms with Crippen LogP contribution < -0.4 is 5.32 Å². The first-order chi connectivity index (χ1) is 13.8. The molecule has 1 aliphatic rings. The number of ether oxygens (including phenoxy) is 2. The van der Waals surface area contributed by atoms with Crippen LogP contribution >= 0.6 is 23.2 Å². The average Bonchev–Trinajstić information content (AvgIpc) is 2.67. The predicted molar refractivity (Wildman–Crippen MR) is 112 cm³/mol. The van der Waals surface area contributed by atoms with Gasteiger partial charge >= 0.3 is 11.9 Å². The van der Waals surface area contributed by atoms with Crippen LogP contribution in [0.3, 0.4) is 0 Å². The van der Waals surface area contributed by atoms with Gasteiger partial charge in [0.05, 0.1) is 40.3 Å². The maximum atomic E-state index is 13.1. The van der Waals surface area contributed by atoms with Crippen molar-refractivity contribution in [3.8, 4) is 0 Å². The molecule has 8 heteroatoms. The Labute approximate surface area is 180 Å². The van der Waals surface area contributed by atoms with Crippen molar-refractivity contribution in [2.45, 2.75) is 46.1 Å². The molecule has 0 radical (unpaired) electrons. The van der Waals surface area contributed by atoms with E-state index in [-0.39, 0.29) is 29.4 Å². The number of aliphatic hydroxyl groups is 1. The lowest BCUT2D eigenvalue weighted by Crippen LogP contribution is -2.34. The average molecular weight is 442 g/mol. The minimum atomic E-state index is -0.829. The molecule has 1 aromatic carbocycles. The molecule has 0 saturated carbocycles. The molecule has 29 heavy (non-hydrogen) atoms. The van der Waals surface area contributed by atoms with E-state index >= 15 is 0 Å². The number of benzene rings is 1. The first kappa shape index (κ1) is 23.3. The van der Waals surface area contributed by atoms with E-state index in [9.17, 15) is 14.7 Å². The van der Waals surface area contributed by atoms with E-state index in [1.807, 2.05) is 0 Å². The van der Waals surface area contributed by atoms with Gasteiger partial charge in [0.15, 0.2) is 0 Å². The van der Waals surface area contributed by atoms with Gasteiger partial charge in [0, 0.05) is 11.4 Å². The molecule has 0 fully saturated rings. The Balaban J connectivity index is 2.66. The Morgan fingerprint density at radius 1 is 1.14 bits per heavy atom. The molecule has 1 aliphatic heterocycles. The molecule has 0 amide bonds. The monoisotopic (exact) mass is 441 g/mol. The van der Waals surface area contributed by atoms with E-state index in [0.717, 1.165) is 0 Å². The summed E-state index contributed by atoms with van der Waals surface area (Å²) >= 11 is 12.7. The second-order valence-electron chi connectivity index (χ2n) is 6.62. The van der Waals surface area contributed by atoms with E-state index in [1.54, 1.807) is 45.9 Å². The summed E-state index contributed by atoms with van der Waals surface area (Å²) in [6.07, 6.45) is -0.208. The van der Waals surface area contributed by atoms with E-state index in [0.29, 0.717) is 28.4 Å². The first-order valence-corrected chi connectivity index (χ1v) is 10.1. The van der Waals surface area contributed by atoms with Crippen molar-refractivity contribution in [2.24, 2.45) is 0 Å². The maximum absolute atomic E-state index is 13.1. The summed E-state index contributed by atoms with van der Waals surface area (Å²) in [5.41, 5.74) is 2.04. The lowest BCUT2D eigenvalue weighted by Gasteiger charge is -2.31. The molecule has 2 rings (SSSR count). The van der Waals surface area contributed by atoms with Crippen molar-refractivity contribution in [3.05, 3.63) is 56.3 Å². The number of allylic oxidation sites excluding steroid dienone is 2. The zero-order chi connectivity index (χ0) is 21.7. The number of hydrogen-bond acceptors (Lipinski definition) is 6. The smallest absolute Gasteiger partial charge is 0.337 e. The van der Waals surface area contributed by atoms with Crippen LogP contribution in [0, 0.1) is 0 Å². The third-order valence-corrected chi connectivity index (χ3v) is 5.53. The van der Waals surface area contributed by atoms with Crippen LogP contribution in [0.25, 0.3) is 0 Å². The summed E-state index contributed by atoms with van der Waals surface area (Å²) in [7, 11) is 0. The van der Waals surface area contributed by atoms with Gasteiger partial charge in [0.25, 0.3) is 0 Å². The highest BCUT2D eigenvalue weighted by atomic mass is 35.5. The third-order valence-electron chi connectivity index (χ3n) is 4.70. The molecule has 0 saturated heterocycles. The van der Waals surface area contributed by atoms with Crippen molar-refractivity contribution in [2.75, 3.05) is 13.2 Å². The van der Waals surface area contributed by atoms with E-state index < -0.39 is 24.0 Å². The first-order valence-electron chi connectivity index (χ1n) is 9.38. The van der Waals surface area contributed by atoms with Gasteiger partial charge in [-0.3, -0.25) is 0 Å². The zero-order valence-electron chi connectivity index (χ0n) is 16.8. The number of esters is 2. The Hall–Kier alpha value is -2.02. The van der Waals surface area contributed by atoms with Crippen molar-refractivity contribution >= 4 is 35.1 Å². The lowest BCUT2D eigenvalue weighted by atomic mass is 9.80. The molecule has 0 spiro atoms. The normalized spacial score (nSPS) is 17.7. The maximum Gasteiger partial charge on any atom is 0.337 e. The van der Waals surface area contributed by atoms with Crippen LogP contribution in [-0.2, 0) is 19.1 Å². The van der Waals surface area contributed by atoms with Crippen molar-refractivity contribution in [3.63, 3.8) is 0 Å². The van der Waals surface area contributed by atoms with Crippen LogP contribution in [0.5, 0.6) is 0 Å². The van der Waals surface area contributed by atoms with Gasteiger partial charge in [0.2, 0.25) is 0 Å². The molecule has 6 nitrogen and oxygen atoms in total. The van der Waals surface area contributed by atoms with Gasteiger partial charge in [0.1, 0.15) is 6.10 Å². The van der Waals surface area contributed by atoms with E-state index in [2.05, 4.69) is 5.32 Å². The number of rotatable bonds is 7. The van der Waals surface area contributed by atoms with Gasteiger partial charge < -0.3 is 19.9 Å². The number of nitrogens with one attached hydrogen (secondary N) is 1. The number of halogens is 2. The number of carbonyl (C=O) groups is 2. The molecule has 0 aliphatic carbocycles. The molecule has 0 aromatic heterocycles. The predicted octanol–water partition coefficient (Wildman–Crippen LogP) is 4.11. The van der Waals surface area contributed by atoms with Gasteiger partial charge in [-0.2, -0.15) is 0 Å². The number of carbonyl (C=O) groups excluding carboxylic acids is 2. The van der Waals surface area contributed by atoms with Crippen LogP contribution in [0.2, 0.25) is 10.0 Å². The number of hydrogen-bond donors (Lipinski definition) is 2. The van der Waals surface area contributed by atoms with Gasteiger partial charge in [-0.1, -0.05) is 42.3 Å². The Kier molecular flexibility index (Phi) is 8.14. The fraction of sp³-hybridized carbons (Fsp3) is 0.429. The summed E-state index contributed by atoms with van der Waals surface area (Å²) in [4.78, 5) is 25.9. The summed E-state index contributed by atoms with van der Waals surface area (Å²) in [5, 5.41) is 13.0.